The number of halogens is 2. The van der Waals surface area contributed by atoms with Gasteiger partial charge in [0, 0.05) is 29.0 Å². The molecule has 1 fully saturated rings. The molecule has 1 aromatic heterocycles. The summed E-state index contributed by atoms with van der Waals surface area (Å²) in [6.45, 7) is 0. The van der Waals surface area contributed by atoms with Gasteiger partial charge in [-0.15, -0.1) is 0 Å². The number of primary amides is 1. The second-order valence-corrected chi connectivity index (χ2v) is 8.05. The molecule has 3 aromatic rings. The first-order valence-electron chi connectivity index (χ1n) is 9.88. The highest BCUT2D eigenvalue weighted by Crippen LogP contribution is 2.53. The lowest BCUT2D eigenvalue weighted by Crippen LogP contribution is -2.40. The first-order chi connectivity index (χ1) is 15.7. The lowest BCUT2D eigenvalue weighted by atomic mass is 10.0. The van der Waals surface area contributed by atoms with E-state index >= 15 is 0 Å². The third-order valence-corrected chi connectivity index (χ3v) is 5.79. The maximum atomic E-state index is 14.7. The van der Waals surface area contributed by atoms with Crippen LogP contribution >= 0.6 is 11.6 Å². The summed E-state index contributed by atoms with van der Waals surface area (Å²) in [4.78, 5) is 49.5. The number of hydrogen-bond donors (Lipinski definition) is 3. The fourth-order valence-corrected chi connectivity index (χ4v) is 3.73. The molecule has 3 amide bonds. The van der Waals surface area contributed by atoms with Crippen LogP contribution in [0.1, 0.15) is 6.42 Å². The Kier molecular flexibility index (Phi) is 5.73. The maximum absolute atomic E-state index is 14.7. The molecular weight excluding hydrogens is 451 g/mol. The van der Waals surface area contributed by atoms with Crippen LogP contribution in [0.3, 0.4) is 0 Å². The van der Waals surface area contributed by atoms with Crippen molar-refractivity contribution in [2.45, 2.75) is 6.42 Å². The van der Waals surface area contributed by atoms with Crippen LogP contribution in [0, 0.1) is 17.2 Å². The summed E-state index contributed by atoms with van der Waals surface area (Å²) < 4.78 is 15.9. The Bertz CT molecular complexity index is 1320. The van der Waals surface area contributed by atoms with E-state index in [1.165, 1.54) is 29.0 Å². The number of anilines is 2. The summed E-state index contributed by atoms with van der Waals surface area (Å²) in [5, 5.41) is 5.44. The Hall–Kier alpha value is -3.98. The molecule has 0 radical (unpaired) electrons. The second kappa shape index (κ2) is 8.51. The summed E-state index contributed by atoms with van der Waals surface area (Å²) in [7, 11) is 0. The molecule has 2 aromatic carbocycles. The van der Waals surface area contributed by atoms with E-state index in [-0.39, 0.29) is 23.4 Å². The Morgan fingerprint density at radius 1 is 1.06 bits per heavy atom. The van der Waals surface area contributed by atoms with Gasteiger partial charge in [-0.2, -0.15) is 0 Å². The summed E-state index contributed by atoms with van der Waals surface area (Å²) in [6, 6.07) is 14.6. The first kappa shape index (κ1) is 22.2. The summed E-state index contributed by atoms with van der Waals surface area (Å²) >= 11 is 5.82. The van der Waals surface area contributed by atoms with E-state index in [0.717, 1.165) is 6.07 Å². The molecule has 33 heavy (non-hydrogen) atoms. The van der Waals surface area contributed by atoms with Crippen molar-refractivity contribution in [3.05, 3.63) is 88.1 Å². The van der Waals surface area contributed by atoms with Gasteiger partial charge in [-0.3, -0.25) is 23.7 Å². The van der Waals surface area contributed by atoms with Gasteiger partial charge in [0.05, 0.1) is 17.3 Å². The van der Waals surface area contributed by atoms with Gasteiger partial charge in [-0.1, -0.05) is 17.7 Å². The standard InChI is InChI=1S/C23H18ClFN4O4/c24-13-4-6-14(7-5-13)27-20(31)16-12-23(16,21(26)32)22(33)28-18-9-8-15(11-17(18)25)29-10-2-1-3-19(29)30/h1-11,16H,12H2,(H2,26,32)(H,27,31)(H,28,33)/t16-,23-/m1/s1. The Morgan fingerprint density at radius 2 is 1.79 bits per heavy atom. The van der Waals surface area contributed by atoms with Crippen molar-refractivity contribution in [1.82, 2.24) is 4.57 Å². The van der Waals surface area contributed by atoms with E-state index in [2.05, 4.69) is 10.6 Å². The first-order valence-corrected chi connectivity index (χ1v) is 10.3. The van der Waals surface area contributed by atoms with Crippen LogP contribution in [-0.4, -0.2) is 22.3 Å². The molecule has 1 saturated carbocycles. The van der Waals surface area contributed by atoms with Gasteiger partial charge in [-0.05, 0) is 48.9 Å². The molecule has 0 saturated heterocycles. The molecule has 8 nitrogen and oxygen atoms in total. The zero-order valence-corrected chi connectivity index (χ0v) is 17.8. The number of nitrogens with two attached hydrogens (primary N) is 1. The average molecular weight is 469 g/mol. The van der Waals surface area contributed by atoms with E-state index in [9.17, 15) is 23.6 Å². The third kappa shape index (κ3) is 4.22. The van der Waals surface area contributed by atoms with Gasteiger partial charge in [0.2, 0.25) is 17.7 Å². The molecule has 0 aliphatic heterocycles. The molecule has 0 spiro atoms. The number of pyridine rings is 1. The number of hydrogen-bond acceptors (Lipinski definition) is 4. The number of carbonyl (C=O) groups excluding carboxylic acids is 3. The molecule has 1 aliphatic carbocycles. The normalized spacial score (nSPS) is 18.9. The van der Waals surface area contributed by atoms with Crippen LogP contribution in [0.2, 0.25) is 5.02 Å². The number of aromatic nitrogens is 1. The average Bonchev–Trinajstić information content (AvgIpc) is 3.55. The largest absolute Gasteiger partial charge is 0.369 e. The van der Waals surface area contributed by atoms with Crippen molar-refractivity contribution in [3.8, 4) is 5.69 Å². The highest BCUT2D eigenvalue weighted by molar-refractivity contribution is 6.30. The minimum Gasteiger partial charge on any atom is -0.369 e. The van der Waals surface area contributed by atoms with Crippen molar-refractivity contribution in [2.24, 2.45) is 17.1 Å². The quantitative estimate of drug-likeness (QED) is 0.481. The topological polar surface area (TPSA) is 123 Å². The molecule has 1 aliphatic rings. The van der Waals surface area contributed by atoms with Gasteiger partial charge < -0.3 is 16.4 Å². The van der Waals surface area contributed by atoms with Crippen LogP contribution in [0.15, 0.2) is 71.7 Å². The lowest BCUT2D eigenvalue weighted by Gasteiger charge is -2.15. The maximum Gasteiger partial charge on any atom is 0.255 e. The summed E-state index contributed by atoms with van der Waals surface area (Å²) in [5.41, 5.74) is 3.79. The van der Waals surface area contributed by atoms with Crippen molar-refractivity contribution < 1.29 is 18.8 Å². The van der Waals surface area contributed by atoms with Gasteiger partial charge >= 0.3 is 0 Å². The van der Waals surface area contributed by atoms with E-state index in [1.54, 1.807) is 36.4 Å². The van der Waals surface area contributed by atoms with Crippen LogP contribution in [0.25, 0.3) is 5.69 Å². The molecule has 4 rings (SSSR count). The number of nitrogens with zero attached hydrogens (tertiary/aromatic N) is 1. The van der Waals surface area contributed by atoms with Gasteiger partial charge in [0.1, 0.15) is 11.2 Å². The molecule has 2 atom stereocenters. The monoisotopic (exact) mass is 468 g/mol. The van der Waals surface area contributed by atoms with Crippen molar-refractivity contribution >= 4 is 40.7 Å². The number of amides is 3. The Morgan fingerprint density at radius 3 is 2.42 bits per heavy atom. The highest BCUT2D eigenvalue weighted by Gasteiger charge is 2.68. The molecule has 0 bridgehead atoms. The minimum absolute atomic E-state index is 0.104. The van der Waals surface area contributed by atoms with E-state index in [0.29, 0.717) is 10.7 Å². The van der Waals surface area contributed by atoms with Crippen LogP contribution in [0.5, 0.6) is 0 Å². The van der Waals surface area contributed by atoms with Gasteiger partial charge in [0.15, 0.2) is 0 Å². The van der Waals surface area contributed by atoms with E-state index in [4.69, 9.17) is 17.3 Å². The third-order valence-electron chi connectivity index (χ3n) is 5.54. The summed E-state index contributed by atoms with van der Waals surface area (Å²) in [6.07, 6.45) is 1.37. The van der Waals surface area contributed by atoms with Crippen molar-refractivity contribution in [1.29, 1.82) is 0 Å². The van der Waals surface area contributed by atoms with Crippen LogP contribution in [-0.2, 0) is 14.4 Å². The molecule has 1 heterocycles. The number of benzene rings is 2. The predicted molar refractivity (Wildman–Crippen MR) is 120 cm³/mol. The minimum atomic E-state index is -1.79. The Labute approximate surface area is 192 Å². The van der Waals surface area contributed by atoms with Crippen LogP contribution < -0.4 is 21.9 Å². The highest BCUT2D eigenvalue weighted by atomic mass is 35.5. The van der Waals surface area contributed by atoms with Crippen molar-refractivity contribution in [3.63, 3.8) is 0 Å². The number of rotatable bonds is 6. The SMILES string of the molecule is NC(=O)[C@@]1(C(=O)Nc2ccc(-n3ccccc3=O)cc2F)C[C@@H]1C(=O)Nc1ccc(Cl)cc1. The fraction of sp³-hybridized carbons (Fsp3) is 0.130. The zero-order chi connectivity index (χ0) is 23.8. The predicted octanol–water partition coefficient (Wildman–Crippen LogP) is 2.70. The van der Waals surface area contributed by atoms with E-state index < -0.39 is 34.9 Å². The molecule has 168 valence electrons. The lowest BCUT2D eigenvalue weighted by molar-refractivity contribution is -0.135. The van der Waals surface area contributed by atoms with Crippen LogP contribution in [0.4, 0.5) is 15.8 Å². The van der Waals surface area contributed by atoms with E-state index in [1.807, 2.05) is 0 Å². The zero-order valence-electron chi connectivity index (χ0n) is 17.0. The van der Waals surface area contributed by atoms with Crippen molar-refractivity contribution in [2.75, 3.05) is 10.6 Å². The molecule has 0 unspecified atom stereocenters. The molecule has 10 heteroatoms. The Balaban J connectivity index is 1.51. The van der Waals surface area contributed by atoms with Gasteiger partial charge in [-0.25, -0.2) is 4.39 Å². The fourth-order valence-electron chi connectivity index (χ4n) is 3.61. The molecular formula is C23H18ClFN4O4. The smallest absolute Gasteiger partial charge is 0.255 e. The number of carbonyl (C=O) groups is 3. The number of nitrogens with one attached hydrogen (secondary N) is 2. The summed E-state index contributed by atoms with van der Waals surface area (Å²) in [5.74, 6) is -4.25. The second-order valence-electron chi connectivity index (χ2n) is 7.62. The van der Waals surface area contributed by atoms with Gasteiger partial charge in [0.25, 0.3) is 5.56 Å². The molecule has 4 N–H and O–H groups in total.